The molecule has 0 aliphatic rings. The van der Waals surface area contributed by atoms with Crippen molar-refractivity contribution < 1.29 is 19.4 Å². The standard InChI is InChI=1S/C12H14BrN3O4S/c1-2-19-9-4-7(5-15-16-12(14)21)3-8(13)11(9)20-6-10(17)18/h3-5H,2,6H2,1H3,(H,17,18)(H3,14,16,21). The van der Waals surface area contributed by atoms with Crippen LogP contribution < -0.4 is 20.6 Å². The third-order valence-corrected chi connectivity index (χ3v) is 2.74. The summed E-state index contributed by atoms with van der Waals surface area (Å²) in [4.78, 5) is 10.6. The van der Waals surface area contributed by atoms with Gasteiger partial charge in [-0.2, -0.15) is 5.10 Å². The fraction of sp³-hybridized carbons (Fsp3) is 0.250. The first-order valence-electron chi connectivity index (χ1n) is 5.83. The third-order valence-electron chi connectivity index (χ3n) is 2.06. The predicted molar refractivity (Wildman–Crippen MR) is 86.0 cm³/mol. The van der Waals surface area contributed by atoms with Gasteiger partial charge in [0.15, 0.2) is 23.2 Å². The maximum atomic E-state index is 10.6. The van der Waals surface area contributed by atoms with Gasteiger partial charge in [-0.25, -0.2) is 4.79 Å². The molecule has 0 aliphatic carbocycles. The molecule has 9 heteroatoms. The largest absolute Gasteiger partial charge is 0.490 e. The van der Waals surface area contributed by atoms with E-state index in [1.807, 2.05) is 6.92 Å². The van der Waals surface area contributed by atoms with Crippen LogP contribution in [0.25, 0.3) is 0 Å². The summed E-state index contributed by atoms with van der Waals surface area (Å²) < 4.78 is 11.2. The summed E-state index contributed by atoms with van der Waals surface area (Å²) in [5.41, 5.74) is 8.38. The summed E-state index contributed by atoms with van der Waals surface area (Å²) in [7, 11) is 0. The summed E-state index contributed by atoms with van der Waals surface area (Å²) in [6.45, 7) is 1.75. The van der Waals surface area contributed by atoms with E-state index in [0.717, 1.165) is 0 Å². The molecule has 0 fully saturated rings. The number of carboxylic acids is 1. The van der Waals surface area contributed by atoms with Gasteiger partial charge in [-0.3, -0.25) is 5.43 Å². The molecule has 0 aromatic heterocycles. The Morgan fingerprint density at radius 3 is 2.86 bits per heavy atom. The number of nitrogens with zero attached hydrogens (tertiary/aromatic N) is 1. The van der Waals surface area contributed by atoms with Crippen LogP contribution in [-0.4, -0.2) is 35.6 Å². The minimum atomic E-state index is -1.07. The Kier molecular flexibility index (Phi) is 6.89. The van der Waals surface area contributed by atoms with E-state index >= 15 is 0 Å². The number of nitrogens with one attached hydrogen (secondary N) is 1. The highest BCUT2D eigenvalue weighted by Crippen LogP contribution is 2.36. The van der Waals surface area contributed by atoms with Crippen LogP contribution in [0, 0.1) is 0 Å². The number of nitrogens with two attached hydrogens (primary N) is 1. The number of aliphatic carboxylic acids is 1. The topological polar surface area (TPSA) is 106 Å². The number of ether oxygens (including phenoxy) is 2. The predicted octanol–water partition coefficient (Wildman–Crippen LogP) is 1.48. The monoisotopic (exact) mass is 375 g/mol. The lowest BCUT2D eigenvalue weighted by Crippen LogP contribution is -2.24. The van der Waals surface area contributed by atoms with Gasteiger partial charge in [-0.1, -0.05) is 0 Å². The average molecular weight is 376 g/mol. The Hall–Kier alpha value is -1.87. The number of benzene rings is 1. The summed E-state index contributed by atoms with van der Waals surface area (Å²) in [5, 5.41) is 12.6. The van der Waals surface area contributed by atoms with Crippen molar-refractivity contribution in [1.82, 2.24) is 5.43 Å². The highest BCUT2D eigenvalue weighted by molar-refractivity contribution is 9.10. The van der Waals surface area contributed by atoms with Gasteiger partial charge < -0.3 is 20.3 Å². The average Bonchev–Trinajstić information content (AvgIpc) is 2.37. The van der Waals surface area contributed by atoms with Crippen molar-refractivity contribution in [1.29, 1.82) is 0 Å². The van der Waals surface area contributed by atoms with E-state index in [0.29, 0.717) is 28.1 Å². The highest BCUT2D eigenvalue weighted by atomic mass is 79.9. The van der Waals surface area contributed by atoms with Crippen molar-refractivity contribution in [3.8, 4) is 11.5 Å². The fourth-order valence-corrected chi connectivity index (χ4v) is 2.00. The number of hydrazone groups is 1. The molecule has 0 saturated carbocycles. The zero-order chi connectivity index (χ0) is 15.8. The van der Waals surface area contributed by atoms with Crippen LogP contribution in [0.15, 0.2) is 21.7 Å². The Morgan fingerprint density at radius 2 is 2.29 bits per heavy atom. The second-order valence-electron chi connectivity index (χ2n) is 3.68. The van der Waals surface area contributed by atoms with Gasteiger partial charge in [0.1, 0.15) is 0 Å². The summed E-state index contributed by atoms with van der Waals surface area (Å²) in [6, 6.07) is 3.36. The Bertz CT molecular complexity index is 566. The normalized spacial score (nSPS) is 10.4. The lowest BCUT2D eigenvalue weighted by Gasteiger charge is -2.13. The molecule has 0 radical (unpaired) electrons. The van der Waals surface area contributed by atoms with Crippen LogP contribution in [-0.2, 0) is 4.79 Å². The number of hydrogen-bond acceptors (Lipinski definition) is 5. The fourth-order valence-electron chi connectivity index (χ4n) is 1.37. The van der Waals surface area contributed by atoms with Crippen molar-refractivity contribution in [3.63, 3.8) is 0 Å². The molecule has 0 bridgehead atoms. The summed E-state index contributed by atoms with van der Waals surface area (Å²) in [6.07, 6.45) is 1.49. The summed E-state index contributed by atoms with van der Waals surface area (Å²) >= 11 is 7.94. The van der Waals surface area contributed by atoms with Crippen molar-refractivity contribution in [2.75, 3.05) is 13.2 Å². The maximum Gasteiger partial charge on any atom is 0.341 e. The van der Waals surface area contributed by atoms with Crippen LogP contribution in [0.2, 0.25) is 0 Å². The molecule has 1 aromatic rings. The first-order chi connectivity index (χ1) is 9.93. The number of hydrogen-bond donors (Lipinski definition) is 3. The van der Waals surface area contributed by atoms with Gasteiger partial charge >= 0.3 is 5.97 Å². The van der Waals surface area contributed by atoms with Crippen LogP contribution in [0.4, 0.5) is 0 Å². The van der Waals surface area contributed by atoms with Crippen molar-refractivity contribution >= 4 is 45.4 Å². The zero-order valence-corrected chi connectivity index (χ0v) is 13.5. The van der Waals surface area contributed by atoms with E-state index in [-0.39, 0.29) is 5.11 Å². The lowest BCUT2D eigenvalue weighted by atomic mass is 10.2. The number of halogens is 1. The Balaban J connectivity index is 3.02. The zero-order valence-electron chi connectivity index (χ0n) is 11.1. The number of thiocarbonyl (C=S) groups is 1. The molecule has 21 heavy (non-hydrogen) atoms. The molecule has 1 aromatic carbocycles. The molecule has 0 unspecified atom stereocenters. The molecule has 0 amide bonds. The van der Waals surface area contributed by atoms with Gasteiger partial charge in [0.25, 0.3) is 0 Å². The van der Waals surface area contributed by atoms with Gasteiger partial charge in [0, 0.05) is 0 Å². The number of rotatable bonds is 7. The molecule has 1 rings (SSSR count). The quantitative estimate of drug-likeness (QED) is 0.376. The van der Waals surface area contributed by atoms with Gasteiger partial charge in [-0.05, 0) is 52.8 Å². The smallest absolute Gasteiger partial charge is 0.341 e. The van der Waals surface area contributed by atoms with Crippen molar-refractivity contribution in [3.05, 3.63) is 22.2 Å². The highest BCUT2D eigenvalue weighted by Gasteiger charge is 2.13. The minimum absolute atomic E-state index is 0.0526. The van der Waals surface area contributed by atoms with Crippen LogP contribution in [0.3, 0.4) is 0 Å². The first kappa shape index (κ1) is 17.2. The van der Waals surface area contributed by atoms with Gasteiger partial charge in [0.05, 0.1) is 17.3 Å². The van der Waals surface area contributed by atoms with Crippen LogP contribution in [0.5, 0.6) is 11.5 Å². The molecule has 0 heterocycles. The molecule has 0 atom stereocenters. The molecule has 7 nitrogen and oxygen atoms in total. The SMILES string of the molecule is CCOc1cc(C=NNC(N)=S)cc(Br)c1OCC(=O)O. The van der Waals surface area contributed by atoms with E-state index in [2.05, 4.69) is 38.7 Å². The van der Waals surface area contributed by atoms with E-state index in [1.165, 1.54) is 6.21 Å². The minimum Gasteiger partial charge on any atom is -0.490 e. The molecule has 0 spiro atoms. The van der Waals surface area contributed by atoms with Crippen LogP contribution >= 0.6 is 28.1 Å². The molecule has 4 N–H and O–H groups in total. The molecular weight excluding hydrogens is 362 g/mol. The van der Waals surface area contributed by atoms with E-state index in [9.17, 15) is 4.79 Å². The number of carbonyl (C=O) groups is 1. The van der Waals surface area contributed by atoms with Gasteiger partial charge in [0.2, 0.25) is 0 Å². The lowest BCUT2D eigenvalue weighted by molar-refractivity contribution is -0.139. The number of carboxylic acid groups (broad SMARTS) is 1. The second-order valence-corrected chi connectivity index (χ2v) is 4.97. The van der Waals surface area contributed by atoms with Crippen molar-refractivity contribution in [2.24, 2.45) is 10.8 Å². The second kappa shape index (κ2) is 8.42. The molecule has 0 aliphatic heterocycles. The van der Waals surface area contributed by atoms with Gasteiger partial charge in [-0.15, -0.1) is 0 Å². The third kappa shape index (κ3) is 5.96. The van der Waals surface area contributed by atoms with E-state index < -0.39 is 12.6 Å². The van der Waals surface area contributed by atoms with E-state index in [1.54, 1.807) is 12.1 Å². The maximum absolute atomic E-state index is 10.6. The first-order valence-corrected chi connectivity index (χ1v) is 7.03. The Morgan fingerprint density at radius 1 is 1.57 bits per heavy atom. The molecule has 114 valence electrons. The van der Waals surface area contributed by atoms with Crippen molar-refractivity contribution in [2.45, 2.75) is 6.92 Å². The molecular formula is C12H14BrN3O4S. The molecule has 0 saturated heterocycles. The van der Waals surface area contributed by atoms with Crippen LogP contribution in [0.1, 0.15) is 12.5 Å². The van der Waals surface area contributed by atoms with E-state index in [4.69, 9.17) is 20.3 Å². The summed E-state index contributed by atoms with van der Waals surface area (Å²) in [5.74, 6) is -0.348. The Labute approximate surface area is 135 Å².